The number of thioether (sulfide) groups is 1. The number of hydrogen-bond acceptors (Lipinski definition) is 8. The number of aliphatic hydroxyl groups is 1. The summed E-state index contributed by atoms with van der Waals surface area (Å²) < 4.78 is 37.3. The average molecular weight is 462 g/mol. The van der Waals surface area contributed by atoms with Crippen LogP contribution < -0.4 is 10.2 Å². The lowest BCUT2D eigenvalue weighted by molar-refractivity contribution is -0.0329. The number of nitrogens with one attached hydrogen (secondary N) is 1. The molecule has 4 rings (SSSR count). The first-order valence-corrected chi connectivity index (χ1v) is 10.3. The van der Waals surface area contributed by atoms with Gasteiger partial charge in [0.2, 0.25) is 0 Å². The van der Waals surface area contributed by atoms with E-state index in [0.717, 1.165) is 6.20 Å². The molecule has 0 spiro atoms. The number of amides is 1. The van der Waals surface area contributed by atoms with E-state index in [-0.39, 0.29) is 28.0 Å². The molecule has 1 amide bonds. The van der Waals surface area contributed by atoms with E-state index < -0.39 is 17.5 Å². The van der Waals surface area contributed by atoms with E-state index in [1.165, 1.54) is 24.7 Å². The molecule has 1 fully saturated rings. The summed E-state index contributed by atoms with van der Waals surface area (Å²) in [5.41, 5.74) is -2.67. The SMILES string of the molecule is O=C(Nc1ccc(SC(F)(F)F)nc1)c1cnc(N2CC[C@@H](O)C2)c(-c2cncnc2)c1. The van der Waals surface area contributed by atoms with Crippen molar-refractivity contribution in [3.63, 3.8) is 0 Å². The first-order valence-electron chi connectivity index (χ1n) is 9.50. The molecule has 1 saturated heterocycles. The number of halogens is 3. The number of alkyl halides is 3. The molecule has 2 N–H and O–H groups in total. The van der Waals surface area contributed by atoms with Crippen LogP contribution in [-0.2, 0) is 0 Å². The van der Waals surface area contributed by atoms with Crippen LogP contribution in [0.1, 0.15) is 16.8 Å². The molecule has 1 aliphatic heterocycles. The van der Waals surface area contributed by atoms with Crippen LogP contribution in [0.2, 0.25) is 0 Å². The standard InChI is InChI=1S/C20H17F3N6O2S/c21-20(22,23)32-17-2-1-14(9-26-17)28-19(31)12-5-16(13-6-24-11-25-7-13)18(27-8-12)29-4-3-15(30)10-29/h1-2,5-9,11,15,30H,3-4,10H2,(H,28,31)/t15-/m1/s1. The largest absolute Gasteiger partial charge is 0.447 e. The predicted molar refractivity (Wildman–Crippen MR) is 112 cm³/mol. The number of β-amino-alcohol motifs (C(OH)–C–C–N with tert-alkyl or cyclic N) is 1. The van der Waals surface area contributed by atoms with Gasteiger partial charge in [0.1, 0.15) is 17.2 Å². The number of nitrogens with zero attached hydrogens (tertiary/aromatic N) is 5. The maximum absolute atomic E-state index is 12.7. The van der Waals surface area contributed by atoms with Crippen molar-refractivity contribution in [2.24, 2.45) is 0 Å². The highest BCUT2D eigenvalue weighted by Crippen LogP contribution is 2.36. The van der Waals surface area contributed by atoms with E-state index in [0.29, 0.717) is 36.5 Å². The molecule has 3 aromatic rings. The molecule has 0 aromatic carbocycles. The van der Waals surface area contributed by atoms with Gasteiger partial charge in [0.15, 0.2) is 0 Å². The van der Waals surface area contributed by atoms with Gasteiger partial charge in [-0.05, 0) is 24.6 Å². The fourth-order valence-electron chi connectivity index (χ4n) is 3.25. The summed E-state index contributed by atoms with van der Waals surface area (Å²) in [7, 11) is 0. The van der Waals surface area contributed by atoms with Gasteiger partial charge in [0.05, 0.1) is 23.6 Å². The highest BCUT2D eigenvalue weighted by Gasteiger charge is 2.30. The fourth-order valence-corrected chi connectivity index (χ4v) is 3.73. The Morgan fingerprint density at radius 1 is 1.16 bits per heavy atom. The Morgan fingerprint density at radius 2 is 1.94 bits per heavy atom. The Kier molecular flexibility index (Phi) is 6.24. The molecule has 3 aromatic heterocycles. The van der Waals surface area contributed by atoms with Crippen molar-refractivity contribution in [2.45, 2.75) is 23.1 Å². The molecule has 166 valence electrons. The van der Waals surface area contributed by atoms with E-state index >= 15 is 0 Å². The van der Waals surface area contributed by atoms with Crippen molar-refractivity contribution < 1.29 is 23.1 Å². The van der Waals surface area contributed by atoms with Crippen LogP contribution in [0.3, 0.4) is 0 Å². The molecule has 1 atom stereocenters. The monoisotopic (exact) mass is 462 g/mol. The Balaban J connectivity index is 1.57. The Morgan fingerprint density at radius 3 is 2.56 bits per heavy atom. The summed E-state index contributed by atoms with van der Waals surface area (Å²) >= 11 is -0.330. The van der Waals surface area contributed by atoms with Gasteiger partial charge < -0.3 is 15.3 Å². The molecule has 0 radical (unpaired) electrons. The zero-order valence-corrected chi connectivity index (χ0v) is 17.3. The van der Waals surface area contributed by atoms with Crippen molar-refractivity contribution in [2.75, 3.05) is 23.3 Å². The Bertz CT molecular complexity index is 1100. The summed E-state index contributed by atoms with van der Waals surface area (Å²) in [6.07, 6.45) is 7.32. The van der Waals surface area contributed by atoms with E-state index in [2.05, 4.69) is 25.3 Å². The number of rotatable bonds is 5. The lowest BCUT2D eigenvalue weighted by atomic mass is 10.1. The lowest BCUT2D eigenvalue weighted by Crippen LogP contribution is -2.23. The minimum atomic E-state index is -4.44. The first kappa shape index (κ1) is 22.0. The molecule has 0 aliphatic carbocycles. The quantitative estimate of drug-likeness (QED) is 0.557. The van der Waals surface area contributed by atoms with Gasteiger partial charge >= 0.3 is 5.51 Å². The zero-order chi connectivity index (χ0) is 22.7. The van der Waals surface area contributed by atoms with Crippen molar-refractivity contribution in [3.8, 4) is 11.1 Å². The van der Waals surface area contributed by atoms with Crippen molar-refractivity contribution in [1.82, 2.24) is 19.9 Å². The van der Waals surface area contributed by atoms with Crippen molar-refractivity contribution in [1.29, 1.82) is 0 Å². The third-order valence-corrected chi connectivity index (χ3v) is 5.36. The molecule has 0 saturated carbocycles. The molecule has 0 bridgehead atoms. The molecule has 4 heterocycles. The summed E-state index contributed by atoms with van der Waals surface area (Å²) in [6, 6.07) is 4.17. The number of carbonyl (C=O) groups is 1. The van der Waals surface area contributed by atoms with Gasteiger partial charge in [-0.2, -0.15) is 13.2 Å². The van der Waals surface area contributed by atoms with Crippen molar-refractivity contribution >= 4 is 29.2 Å². The number of aromatic nitrogens is 4. The second kappa shape index (κ2) is 9.09. The van der Waals surface area contributed by atoms with Gasteiger partial charge in [0.25, 0.3) is 5.91 Å². The van der Waals surface area contributed by atoms with Gasteiger partial charge in [-0.3, -0.25) is 4.79 Å². The van der Waals surface area contributed by atoms with Gasteiger partial charge in [-0.25, -0.2) is 19.9 Å². The second-order valence-electron chi connectivity index (χ2n) is 7.00. The second-order valence-corrected chi connectivity index (χ2v) is 8.08. The maximum atomic E-state index is 12.7. The minimum absolute atomic E-state index is 0.222. The average Bonchev–Trinajstić information content (AvgIpc) is 3.20. The number of carbonyl (C=O) groups excluding carboxylic acids is 1. The molecule has 32 heavy (non-hydrogen) atoms. The zero-order valence-electron chi connectivity index (χ0n) is 16.5. The third-order valence-electron chi connectivity index (χ3n) is 4.68. The summed E-state index contributed by atoms with van der Waals surface area (Å²) in [4.78, 5) is 30.9. The van der Waals surface area contributed by atoms with Crippen LogP contribution in [0.25, 0.3) is 11.1 Å². The van der Waals surface area contributed by atoms with Crippen LogP contribution in [0.5, 0.6) is 0 Å². The van der Waals surface area contributed by atoms with Crippen LogP contribution in [0, 0.1) is 0 Å². The normalized spacial score (nSPS) is 16.2. The highest BCUT2D eigenvalue weighted by atomic mass is 32.2. The maximum Gasteiger partial charge on any atom is 0.447 e. The topological polar surface area (TPSA) is 104 Å². The number of anilines is 2. The molecular formula is C20H17F3N6O2S. The Labute approximate surface area is 184 Å². The van der Waals surface area contributed by atoms with Crippen LogP contribution in [-0.4, -0.2) is 55.7 Å². The fraction of sp³-hybridized carbons (Fsp3) is 0.250. The molecule has 8 nitrogen and oxygen atoms in total. The molecular weight excluding hydrogens is 445 g/mol. The van der Waals surface area contributed by atoms with E-state index in [1.807, 2.05) is 4.90 Å². The number of pyridine rings is 2. The smallest absolute Gasteiger partial charge is 0.391 e. The Hall–Kier alpha value is -3.25. The predicted octanol–water partition coefficient (Wildman–Crippen LogP) is 3.37. The third kappa shape index (κ3) is 5.32. The van der Waals surface area contributed by atoms with Gasteiger partial charge in [-0.15, -0.1) is 0 Å². The number of hydrogen-bond donors (Lipinski definition) is 2. The molecule has 12 heteroatoms. The van der Waals surface area contributed by atoms with Gasteiger partial charge in [-0.1, -0.05) is 0 Å². The molecule has 0 unspecified atom stereocenters. The lowest BCUT2D eigenvalue weighted by Gasteiger charge is -2.20. The van der Waals surface area contributed by atoms with Crippen molar-refractivity contribution in [3.05, 3.63) is 54.9 Å². The summed E-state index contributed by atoms with van der Waals surface area (Å²) in [6.45, 7) is 1.04. The van der Waals surface area contributed by atoms with Crippen LogP contribution in [0.15, 0.2) is 54.3 Å². The highest BCUT2D eigenvalue weighted by molar-refractivity contribution is 8.00. The van der Waals surface area contributed by atoms with Crippen LogP contribution >= 0.6 is 11.8 Å². The minimum Gasteiger partial charge on any atom is -0.391 e. The first-order chi connectivity index (χ1) is 15.3. The summed E-state index contributed by atoms with van der Waals surface area (Å²) in [5.74, 6) is 0.102. The number of aliphatic hydroxyl groups excluding tert-OH is 1. The van der Waals surface area contributed by atoms with E-state index in [1.54, 1.807) is 18.5 Å². The summed E-state index contributed by atoms with van der Waals surface area (Å²) in [5, 5.41) is 12.3. The van der Waals surface area contributed by atoms with Crippen LogP contribution in [0.4, 0.5) is 24.7 Å². The van der Waals surface area contributed by atoms with E-state index in [4.69, 9.17) is 0 Å². The van der Waals surface area contributed by atoms with E-state index in [9.17, 15) is 23.1 Å². The molecule has 1 aliphatic rings. The van der Waals surface area contributed by atoms with Gasteiger partial charge in [0, 0.05) is 54.6 Å².